The summed E-state index contributed by atoms with van der Waals surface area (Å²) in [5, 5.41) is 3.62. The molecule has 0 radical (unpaired) electrons. The summed E-state index contributed by atoms with van der Waals surface area (Å²) < 4.78 is 29.4. The number of halogens is 1. The van der Waals surface area contributed by atoms with Crippen molar-refractivity contribution in [1.29, 1.82) is 0 Å². The normalized spacial score (nSPS) is 16.3. The molecule has 64 heavy (non-hydrogen) atoms. The van der Waals surface area contributed by atoms with Crippen LogP contribution in [0.5, 0.6) is 0 Å². The van der Waals surface area contributed by atoms with Crippen LogP contribution >= 0.6 is 15.9 Å². The first-order chi connectivity index (χ1) is 30.7. The molecule has 9 nitrogen and oxygen atoms in total. The van der Waals surface area contributed by atoms with Crippen molar-refractivity contribution in [3.05, 3.63) is 142 Å². The number of carbonyl (C=O) groups is 1. The number of rotatable bonds is 13. The Morgan fingerprint density at radius 2 is 1.56 bits per heavy atom. The number of amides is 1. The van der Waals surface area contributed by atoms with Gasteiger partial charge in [-0.2, -0.15) is 0 Å². The third-order valence-electron chi connectivity index (χ3n) is 13.1. The average molecular weight is 944 g/mol. The van der Waals surface area contributed by atoms with Crippen molar-refractivity contribution in [3.63, 3.8) is 0 Å². The average Bonchev–Trinajstić information content (AvgIpc) is 3.46. The van der Waals surface area contributed by atoms with Crippen LogP contribution in [0.25, 0.3) is 22.2 Å². The summed E-state index contributed by atoms with van der Waals surface area (Å²) in [4.78, 5) is 23.1. The second-order valence-corrected chi connectivity index (χ2v) is 24.4. The van der Waals surface area contributed by atoms with E-state index in [9.17, 15) is 4.79 Å². The minimum absolute atomic E-state index is 0.0651. The van der Waals surface area contributed by atoms with Gasteiger partial charge in [-0.1, -0.05) is 142 Å². The van der Waals surface area contributed by atoms with E-state index in [1.165, 1.54) is 26.8 Å². The molecule has 0 bridgehead atoms. The van der Waals surface area contributed by atoms with Crippen molar-refractivity contribution in [3.8, 4) is 11.3 Å². The number of ether oxygens (including phenoxy) is 3. The predicted octanol–water partition coefficient (Wildman–Crippen LogP) is 10.7. The van der Waals surface area contributed by atoms with Crippen LogP contribution in [0.2, 0.25) is 5.04 Å². The summed E-state index contributed by atoms with van der Waals surface area (Å²) >= 11 is 3.85. The molecule has 0 N–H and O–H groups in total. The minimum atomic E-state index is -2.81. The number of pyridine rings is 1. The Labute approximate surface area is 389 Å². The van der Waals surface area contributed by atoms with Crippen molar-refractivity contribution in [1.82, 2.24) is 14.5 Å². The van der Waals surface area contributed by atoms with Gasteiger partial charge in [0.15, 0.2) is 0 Å². The van der Waals surface area contributed by atoms with E-state index in [1.54, 1.807) is 7.11 Å². The topological polar surface area (TPSA) is 78.3 Å². The fraction of sp³-hybridized carbons (Fsp3) is 0.396. The Bertz CT molecular complexity index is 2520. The van der Waals surface area contributed by atoms with Gasteiger partial charge in [0.05, 0.1) is 48.1 Å². The van der Waals surface area contributed by atoms with E-state index in [2.05, 4.69) is 159 Å². The number of carbonyl (C=O) groups excluding carboxylic acids is 1. The van der Waals surface area contributed by atoms with E-state index in [4.69, 9.17) is 23.6 Å². The number of aryl methyl sites for hydroxylation is 1. The summed E-state index contributed by atoms with van der Waals surface area (Å²) in [7, 11) is -1.05. The summed E-state index contributed by atoms with van der Waals surface area (Å²) in [5.41, 5.74) is 8.11. The molecule has 1 amide bonds. The fourth-order valence-corrected chi connectivity index (χ4v) is 15.0. The van der Waals surface area contributed by atoms with Gasteiger partial charge in [-0.3, -0.25) is 0 Å². The second kappa shape index (κ2) is 19.0. The van der Waals surface area contributed by atoms with Gasteiger partial charge in [0.1, 0.15) is 6.61 Å². The van der Waals surface area contributed by atoms with Gasteiger partial charge in [0, 0.05) is 60.8 Å². The smallest absolute Gasteiger partial charge is 0.410 e. The van der Waals surface area contributed by atoms with E-state index >= 15 is 0 Å². The summed E-state index contributed by atoms with van der Waals surface area (Å²) in [6.07, 6.45) is 0.166. The predicted molar refractivity (Wildman–Crippen MR) is 264 cm³/mol. The Morgan fingerprint density at radius 1 is 0.906 bits per heavy atom. The zero-order valence-electron chi connectivity index (χ0n) is 38.7. The lowest BCUT2D eigenvalue weighted by atomic mass is 9.84. The zero-order chi connectivity index (χ0) is 45.2. The Balaban J connectivity index is 1.19. The van der Waals surface area contributed by atoms with Crippen LogP contribution in [0.15, 0.2) is 120 Å². The molecular weight excluding hydrogens is 881 g/mol. The van der Waals surface area contributed by atoms with Crippen molar-refractivity contribution in [2.24, 2.45) is 5.41 Å². The lowest BCUT2D eigenvalue weighted by Crippen LogP contribution is -2.67. The van der Waals surface area contributed by atoms with Crippen LogP contribution < -0.4 is 15.3 Å². The first-order valence-electron chi connectivity index (χ1n) is 22.7. The molecule has 0 spiro atoms. The van der Waals surface area contributed by atoms with E-state index in [-0.39, 0.29) is 35.3 Å². The van der Waals surface area contributed by atoms with Crippen LogP contribution in [0.1, 0.15) is 77.1 Å². The third kappa shape index (κ3) is 9.07. The lowest BCUT2D eigenvalue weighted by Gasteiger charge is -2.44. The zero-order valence-corrected chi connectivity index (χ0v) is 41.3. The van der Waals surface area contributed by atoms with Gasteiger partial charge < -0.3 is 33.0 Å². The number of hydrogen-bond donors (Lipinski definition) is 0. The number of piperazine rings is 1. The van der Waals surface area contributed by atoms with Crippen molar-refractivity contribution in [2.45, 2.75) is 91.8 Å². The SMILES string of the molecule is CCn1c(-c2cc3c(nc2[C@H](C)OC)COC[C@@H]2CN(C(=O)OCc4ccccc4)CCN32)c(CC(C)(C)CO[Si](c2ccccc2)(c2ccccc2)C(C)(C)C)c2cc(Br)ccc21. The lowest BCUT2D eigenvalue weighted by molar-refractivity contribution is 0.0681. The maximum atomic E-state index is 13.4. The fourth-order valence-electron chi connectivity index (χ4n) is 9.91. The standard InChI is InChI=1S/C53H63BrN4O5Si/c1-9-57-47-26-25-39(54)29-43(47)45(31-53(6,7)36-63-64(52(3,4)5,41-21-15-11-16-22-41)42-23-17-12-18-24-42)50(57)44-30-48-46(55-49(44)37(2)60-8)35-61-34-40-32-56(27-28-58(40)48)51(59)62-33-38-19-13-10-14-20-38/h10-26,29-30,37,40H,9,27-28,31-36H2,1-8H3/t37-,40-/m0/s1. The molecule has 2 aliphatic rings. The van der Waals surface area contributed by atoms with Gasteiger partial charge in [-0.15, -0.1) is 0 Å². The quantitative estimate of drug-likeness (QED) is 0.107. The highest BCUT2D eigenvalue weighted by molar-refractivity contribution is 9.10. The molecule has 11 heteroatoms. The summed E-state index contributed by atoms with van der Waals surface area (Å²) in [6, 6.07) is 40.6. The van der Waals surface area contributed by atoms with Crippen LogP contribution in [0, 0.1) is 5.41 Å². The number of anilines is 1. The molecule has 2 aromatic heterocycles. The molecule has 8 rings (SSSR count). The van der Waals surface area contributed by atoms with Crippen molar-refractivity contribution in [2.75, 3.05) is 44.9 Å². The molecular formula is C53H63BrN4O5Si. The molecule has 2 aliphatic heterocycles. The number of hydrogen-bond acceptors (Lipinski definition) is 7. The highest BCUT2D eigenvalue weighted by Crippen LogP contribution is 2.45. The van der Waals surface area contributed by atoms with Crippen LogP contribution in [0.3, 0.4) is 0 Å². The monoisotopic (exact) mass is 942 g/mol. The van der Waals surface area contributed by atoms with Crippen LogP contribution in [0.4, 0.5) is 10.5 Å². The number of benzene rings is 4. The Kier molecular flexibility index (Phi) is 13.6. The first-order valence-corrected chi connectivity index (χ1v) is 25.4. The second-order valence-electron chi connectivity index (χ2n) is 19.1. The molecule has 1 fully saturated rings. The number of aromatic nitrogens is 2. The maximum Gasteiger partial charge on any atom is 0.410 e. The van der Waals surface area contributed by atoms with Gasteiger partial charge in [-0.05, 0) is 76.5 Å². The molecule has 4 aromatic carbocycles. The summed E-state index contributed by atoms with van der Waals surface area (Å²) in [6.45, 7) is 20.1. The molecule has 0 saturated carbocycles. The third-order valence-corrected chi connectivity index (χ3v) is 18.6. The molecule has 336 valence electrons. The molecule has 0 aliphatic carbocycles. The van der Waals surface area contributed by atoms with E-state index in [1.807, 2.05) is 35.2 Å². The van der Waals surface area contributed by atoms with Crippen LogP contribution in [-0.2, 0) is 44.8 Å². The number of methoxy groups -OCH3 is 1. The summed E-state index contributed by atoms with van der Waals surface area (Å²) in [5.74, 6) is 0. The Hall–Kier alpha value is -4.78. The van der Waals surface area contributed by atoms with Crippen molar-refractivity contribution >= 4 is 57.3 Å². The Morgan fingerprint density at radius 3 is 2.19 bits per heavy atom. The van der Waals surface area contributed by atoms with Gasteiger partial charge in [0.2, 0.25) is 0 Å². The largest absolute Gasteiger partial charge is 0.445 e. The van der Waals surface area contributed by atoms with Gasteiger partial charge in [0.25, 0.3) is 8.32 Å². The highest BCUT2D eigenvalue weighted by Gasteiger charge is 2.51. The molecule has 6 aromatic rings. The molecule has 1 saturated heterocycles. The molecule has 4 heterocycles. The van der Waals surface area contributed by atoms with Crippen LogP contribution in [-0.4, -0.2) is 74.9 Å². The minimum Gasteiger partial charge on any atom is -0.445 e. The number of fused-ring (bicyclic) bond motifs is 4. The molecule has 0 unspecified atom stereocenters. The highest BCUT2D eigenvalue weighted by atomic mass is 79.9. The number of nitrogens with zero attached hydrogens (tertiary/aromatic N) is 4. The van der Waals surface area contributed by atoms with Gasteiger partial charge >= 0.3 is 6.09 Å². The first kappa shape index (κ1) is 45.8. The molecule has 2 atom stereocenters. The van der Waals surface area contributed by atoms with E-state index < -0.39 is 8.32 Å². The van der Waals surface area contributed by atoms with E-state index in [0.29, 0.717) is 39.5 Å². The van der Waals surface area contributed by atoms with E-state index in [0.717, 1.165) is 51.3 Å². The van der Waals surface area contributed by atoms with Gasteiger partial charge in [-0.25, -0.2) is 9.78 Å². The maximum absolute atomic E-state index is 13.4. The van der Waals surface area contributed by atoms with Crippen molar-refractivity contribution < 1.29 is 23.4 Å².